The first kappa shape index (κ1) is 13.3. The normalized spacial score (nSPS) is 15.8. The van der Waals surface area contributed by atoms with Crippen molar-refractivity contribution in [1.82, 2.24) is 5.32 Å². The lowest BCUT2D eigenvalue weighted by molar-refractivity contribution is -0.138. The molecule has 0 radical (unpaired) electrons. The van der Waals surface area contributed by atoms with Crippen molar-refractivity contribution in [1.29, 1.82) is 0 Å². The molecule has 1 unspecified atom stereocenters. The smallest absolute Gasteiger partial charge is 0.325 e. The van der Waals surface area contributed by atoms with Gasteiger partial charge in [0.1, 0.15) is 11.8 Å². The van der Waals surface area contributed by atoms with Crippen molar-refractivity contribution in [2.75, 3.05) is 0 Å². The number of ketones is 1. The van der Waals surface area contributed by atoms with E-state index in [1.165, 1.54) is 6.92 Å². The van der Waals surface area contributed by atoms with Crippen LogP contribution >= 0.6 is 0 Å². The van der Waals surface area contributed by atoms with Gasteiger partial charge in [0, 0.05) is 18.4 Å². The Morgan fingerprint density at radius 3 is 2.63 bits per heavy atom. The maximum Gasteiger partial charge on any atom is 0.325 e. The second-order valence-electron chi connectivity index (χ2n) is 4.66. The van der Waals surface area contributed by atoms with Gasteiger partial charge in [-0.3, -0.25) is 14.4 Å². The summed E-state index contributed by atoms with van der Waals surface area (Å²) in [5.41, 5.74) is 0.981. The minimum absolute atomic E-state index is 0.0205. The summed E-state index contributed by atoms with van der Waals surface area (Å²) in [6, 6.07) is -1.01. The Hall–Kier alpha value is -2.11. The summed E-state index contributed by atoms with van der Waals surface area (Å²) in [6.07, 6.45) is 1.80. The highest BCUT2D eigenvalue weighted by Crippen LogP contribution is 2.29. The van der Waals surface area contributed by atoms with Crippen LogP contribution < -0.4 is 5.32 Å². The second-order valence-corrected chi connectivity index (χ2v) is 4.66. The SMILES string of the molecule is Cc1c(C(=O)NC(C)C(=O)O)oc2c1C(=O)CCC2. The highest BCUT2D eigenvalue weighted by molar-refractivity contribution is 6.03. The fraction of sp³-hybridized carbons (Fsp3) is 0.462. The number of rotatable bonds is 3. The Kier molecular flexibility index (Phi) is 3.42. The molecule has 1 atom stereocenters. The zero-order valence-electron chi connectivity index (χ0n) is 10.8. The van der Waals surface area contributed by atoms with Gasteiger partial charge in [0.25, 0.3) is 5.91 Å². The van der Waals surface area contributed by atoms with E-state index in [0.717, 1.165) is 0 Å². The van der Waals surface area contributed by atoms with E-state index in [9.17, 15) is 14.4 Å². The summed E-state index contributed by atoms with van der Waals surface area (Å²) >= 11 is 0. The maximum absolute atomic E-state index is 11.9. The van der Waals surface area contributed by atoms with Crippen LogP contribution in [0.1, 0.15) is 52.0 Å². The van der Waals surface area contributed by atoms with Crippen LogP contribution in [0.5, 0.6) is 0 Å². The summed E-state index contributed by atoms with van der Waals surface area (Å²) in [5, 5.41) is 11.1. The average molecular weight is 265 g/mol. The van der Waals surface area contributed by atoms with Crippen LogP contribution in [-0.2, 0) is 11.2 Å². The van der Waals surface area contributed by atoms with E-state index in [1.807, 2.05) is 0 Å². The van der Waals surface area contributed by atoms with Gasteiger partial charge in [0.05, 0.1) is 5.56 Å². The summed E-state index contributed by atoms with van der Waals surface area (Å²) in [7, 11) is 0. The van der Waals surface area contributed by atoms with Gasteiger partial charge >= 0.3 is 5.97 Å². The minimum Gasteiger partial charge on any atom is -0.480 e. The number of carbonyl (C=O) groups excluding carboxylic acids is 2. The fourth-order valence-electron chi connectivity index (χ4n) is 2.19. The van der Waals surface area contributed by atoms with Crippen LogP contribution in [0, 0.1) is 6.92 Å². The van der Waals surface area contributed by atoms with Crippen molar-refractivity contribution in [2.45, 2.75) is 39.2 Å². The van der Waals surface area contributed by atoms with Crippen LogP contribution in [0.3, 0.4) is 0 Å². The molecule has 6 nitrogen and oxygen atoms in total. The molecule has 1 aromatic rings. The fourth-order valence-corrected chi connectivity index (χ4v) is 2.19. The first-order valence-corrected chi connectivity index (χ1v) is 6.11. The Bertz CT molecular complexity index is 558. The molecular formula is C13H15NO5. The zero-order chi connectivity index (χ0) is 14.2. The molecular weight excluding hydrogens is 250 g/mol. The van der Waals surface area contributed by atoms with Gasteiger partial charge in [-0.05, 0) is 20.3 Å². The molecule has 102 valence electrons. The van der Waals surface area contributed by atoms with E-state index in [0.29, 0.717) is 36.1 Å². The lowest BCUT2D eigenvalue weighted by Gasteiger charge is -2.08. The van der Waals surface area contributed by atoms with Gasteiger partial charge in [-0.2, -0.15) is 0 Å². The van der Waals surface area contributed by atoms with Crippen LogP contribution in [0.25, 0.3) is 0 Å². The summed E-state index contributed by atoms with van der Waals surface area (Å²) in [4.78, 5) is 34.4. The number of hydrogen-bond donors (Lipinski definition) is 2. The largest absolute Gasteiger partial charge is 0.480 e. The number of amides is 1. The van der Waals surface area contributed by atoms with Gasteiger partial charge in [0.2, 0.25) is 0 Å². The van der Waals surface area contributed by atoms with E-state index in [1.54, 1.807) is 6.92 Å². The number of Topliss-reactive ketones (excluding diaryl/α,β-unsaturated/α-hetero) is 1. The molecule has 0 saturated heterocycles. The first-order valence-electron chi connectivity index (χ1n) is 6.11. The van der Waals surface area contributed by atoms with Crippen LogP contribution in [0.2, 0.25) is 0 Å². The summed E-state index contributed by atoms with van der Waals surface area (Å²) in [5.74, 6) is -1.18. The van der Waals surface area contributed by atoms with E-state index in [4.69, 9.17) is 9.52 Å². The minimum atomic E-state index is -1.13. The number of carboxylic acids is 1. The van der Waals surface area contributed by atoms with E-state index >= 15 is 0 Å². The molecule has 2 N–H and O–H groups in total. The monoisotopic (exact) mass is 265 g/mol. The molecule has 1 aliphatic rings. The number of carboxylic acid groups (broad SMARTS) is 1. The van der Waals surface area contributed by atoms with Crippen molar-refractivity contribution < 1.29 is 23.9 Å². The van der Waals surface area contributed by atoms with Gasteiger partial charge < -0.3 is 14.8 Å². The summed E-state index contributed by atoms with van der Waals surface area (Å²) < 4.78 is 5.42. The maximum atomic E-state index is 11.9. The molecule has 0 bridgehead atoms. The van der Waals surface area contributed by atoms with Crippen molar-refractivity contribution in [2.24, 2.45) is 0 Å². The molecule has 0 aromatic carbocycles. The van der Waals surface area contributed by atoms with Gasteiger partial charge in [-0.15, -0.1) is 0 Å². The third-order valence-electron chi connectivity index (χ3n) is 3.23. The lowest BCUT2D eigenvalue weighted by Crippen LogP contribution is -2.38. The Morgan fingerprint density at radius 2 is 2.05 bits per heavy atom. The van der Waals surface area contributed by atoms with E-state index in [-0.39, 0.29) is 11.5 Å². The Morgan fingerprint density at radius 1 is 1.37 bits per heavy atom. The van der Waals surface area contributed by atoms with E-state index < -0.39 is 17.9 Å². The third-order valence-corrected chi connectivity index (χ3v) is 3.23. The van der Waals surface area contributed by atoms with Crippen molar-refractivity contribution >= 4 is 17.7 Å². The molecule has 1 heterocycles. The Balaban J connectivity index is 2.29. The Labute approximate surface area is 109 Å². The number of aryl methyl sites for hydroxylation is 1. The number of furan rings is 1. The number of aliphatic carboxylic acids is 1. The molecule has 1 aliphatic carbocycles. The average Bonchev–Trinajstić information content (AvgIpc) is 2.68. The van der Waals surface area contributed by atoms with Crippen molar-refractivity contribution in [3.05, 3.63) is 22.6 Å². The molecule has 0 aliphatic heterocycles. The molecule has 0 spiro atoms. The highest BCUT2D eigenvalue weighted by Gasteiger charge is 2.29. The molecule has 0 fully saturated rings. The highest BCUT2D eigenvalue weighted by atomic mass is 16.4. The molecule has 6 heteroatoms. The number of carbonyl (C=O) groups is 3. The van der Waals surface area contributed by atoms with Crippen LogP contribution in [0.15, 0.2) is 4.42 Å². The standard InChI is InChI=1S/C13H15NO5/c1-6-10-8(15)4-3-5-9(10)19-11(6)12(16)14-7(2)13(17)18/h7H,3-5H2,1-2H3,(H,14,16)(H,17,18). The lowest BCUT2D eigenvalue weighted by atomic mass is 9.94. The number of fused-ring (bicyclic) bond motifs is 1. The van der Waals surface area contributed by atoms with Crippen LogP contribution in [0.4, 0.5) is 0 Å². The quantitative estimate of drug-likeness (QED) is 0.858. The number of nitrogens with one attached hydrogen (secondary N) is 1. The third kappa shape index (κ3) is 2.38. The number of hydrogen-bond acceptors (Lipinski definition) is 4. The molecule has 1 aromatic heterocycles. The topological polar surface area (TPSA) is 96.6 Å². The van der Waals surface area contributed by atoms with Gasteiger partial charge in [-0.1, -0.05) is 0 Å². The van der Waals surface area contributed by atoms with Crippen molar-refractivity contribution in [3.63, 3.8) is 0 Å². The zero-order valence-corrected chi connectivity index (χ0v) is 10.8. The first-order chi connectivity index (χ1) is 8.91. The van der Waals surface area contributed by atoms with E-state index in [2.05, 4.69) is 5.32 Å². The van der Waals surface area contributed by atoms with Gasteiger partial charge in [-0.25, -0.2) is 0 Å². The van der Waals surface area contributed by atoms with Gasteiger partial charge in [0.15, 0.2) is 11.5 Å². The predicted octanol–water partition coefficient (Wildman–Crippen LogP) is 1.31. The molecule has 2 rings (SSSR count). The molecule has 0 saturated carbocycles. The summed E-state index contributed by atoms with van der Waals surface area (Å²) in [6.45, 7) is 3.01. The second kappa shape index (κ2) is 4.87. The molecule has 19 heavy (non-hydrogen) atoms. The van der Waals surface area contributed by atoms with Crippen molar-refractivity contribution in [3.8, 4) is 0 Å². The predicted molar refractivity (Wildman–Crippen MR) is 65.3 cm³/mol. The molecule has 1 amide bonds. The van der Waals surface area contributed by atoms with Crippen LogP contribution in [-0.4, -0.2) is 28.8 Å².